The zero-order valence-corrected chi connectivity index (χ0v) is 18.8. The normalized spacial score (nSPS) is 22.2. The summed E-state index contributed by atoms with van der Waals surface area (Å²) in [4.78, 5) is 18.4. The van der Waals surface area contributed by atoms with Crippen LogP contribution in [0.2, 0.25) is 0 Å². The first-order valence-corrected chi connectivity index (χ1v) is 9.74. The average molecular weight is 502 g/mol. The number of carbonyl (C=O) groups excluding carboxylic acids is 1. The van der Waals surface area contributed by atoms with Crippen LogP contribution in [0.15, 0.2) is 35.3 Å². The number of nitrogens with zero attached hydrogens (tertiary/aromatic N) is 2. The molecule has 2 atom stereocenters. The lowest BCUT2D eigenvalue weighted by molar-refractivity contribution is -0.117. The second-order valence-electron chi connectivity index (χ2n) is 7.04. The lowest BCUT2D eigenvalue weighted by atomic mass is 10.1. The maximum absolute atomic E-state index is 12.3. The van der Waals surface area contributed by atoms with Crippen molar-refractivity contribution in [3.05, 3.63) is 30.3 Å². The molecule has 0 spiro atoms. The van der Waals surface area contributed by atoms with Crippen LogP contribution in [0.1, 0.15) is 19.3 Å². The SMILES string of the molecule is CN=C(NCCCOCC1CCOC1)NC1CC(=O)N(c2ccccc2)C1.I. The van der Waals surface area contributed by atoms with E-state index in [4.69, 9.17) is 9.47 Å². The molecular weight excluding hydrogens is 471 g/mol. The van der Waals surface area contributed by atoms with E-state index < -0.39 is 0 Å². The Morgan fingerprint density at radius 1 is 1.36 bits per heavy atom. The molecule has 2 N–H and O–H groups in total. The van der Waals surface area contributed by atoms with E-state index in [0.717, 1.165) is 57.5 Å². The largest absolute Gasteiger partial charge is 0.381 e. The molecule has 1 aromatic rings. The predicted molar refractivity (Wildman–Crippen MR) is 121 cm³/mol. The summed E-state index contributed by atoms with van der Waals surface area (Å²) in [5.74, 6) is 1.42. The Morgan fingerprint density at radius 3 is 2.89 bits per heavy atom. The molecule has 2 aliphatic heterocycles. The number of hydrogen-bond acceptors (Lipinski definition) is 4. The highest BCUT2D eigenvalue weighted by Gasteiger charge is 2.30. The molecule has 2 aliphatic rings. The Hall–Kier alpha value is -1.39. The predicted octanol–water partition coefficient (Wildman–Crippen LogP) is 2.02. The van der Waals surface area contributed by atoms with Gasteiger partial charge in [-0.3, -0.25) is 9.79 Å². The van der Waals surface area contributed by atoms with Gasteiger partial charge in [-0.15, -0.1) is 24.0 Å². The first-order valence-electron chi connectivity index (χ1n) is 9.74. The number of carbonyl (C=O) groups is 1. The summed E-state index contributed by atoms with van der Waals surface area (Å²) < 4.78 is 11.1. The molecule has 0 bridgehead atoms. The van der Waals surface area contributed by atoms with Crippen molar-refractivity contribution >= 4 is 41.5 Å². The summed E-state index contributed by atoms with van der Waals surface area (Å²) in [6, 6.07) is 9.84. The highest BCUT2D eigenvalue weighted by atomic mass is 127. The number of ether oxygens (including phenoxy) is 2. The molecule has 1 amide bonds. The fraction of sp³-hybridized carbons (Fsp3) is 0.600. The number of amides is 1. The number of nitrogens with one attached hydrogen (secondary N) is 2. The standard InChI is InChI=1S/C20H30N4O3.HI/c1-21-20(22-9-5-10-26-14-16-8-11-27-15-16)23-17-12-19(25)24(13-17)18-6-3-2-4-7-18;/h2-4,6-7,16-17H,5,8-15H2,1H3,(H2,21,22,23);1H. The molecular formula is C20H31IN4O3. The topological polar surface area (TPSA) is 75.2 Å². The van der Waals surface area contributed by atoms with Crippen molar-refractivity contribution in [3.8, 4) is 0 Å². The number of halogens is 1. The Balaban J connectivity index is 0.00000280. The van der Waals surface area contributed by atoms with Gasteiger partial charge in [0.2, 0.25) is 5.91 Å². The number of aliphatic imine (C=N–C) groups is 1. The van der Waals surface area contributed by atoms with Gasteiger partial charge in [-0.2, -0.15) is 0 Å². The van der Waals surface area contributed by atoms with Crippen LogP contribution in [0.25, 0.3) is 0 Å². The molecule has 28 heavy (non-hydrogen) atoms. The quantitative estimate of drug-likeness (QED) is 0.246. The van der Waals surface area contributed by atoms with Crippen LogP contribution in [-0.4, -0.2) is 64.5 Å². The molecule has 2 saturated heterocycles. The van der Waals surface area contributed by atoms with Gasteiger partial charge >= 0.3 is 0 Å². The fourth-order valence-electron chi connectivity index (χ4n) is 3.40. The van der Waals surface area contributed by atoms with E-state index in [1.807, 2.05) is 35.2 Å². The van der Waals surface area contributed by atoms with Gasteiger partial charge in [0.25, 0.3) is 0 Å². The van der Waals surface area contributed by atoms with E-state index in [1.54, 1.807) is 7.05 Å². The van der Waals surface area contributed by atoms with Crippen molar-refractivity contribution in [1.29, 1.82) is 0 Å². The van der Waals surface area contributed by atoms with Crippen LogP contribution in [0, 0.1) is 5.92 Å². The highest BCUT2D eigenvalue weighted by Crippen LogP contribution is 2.20. The summed E-state index contributed by atoms with van der Waals surface area (Å²) in [6.45, 7) is 4.63. The van der Waals surface area contributed by atoms with Crippen molar-refractivity contribution in [2.24, 2.45) is 10.9 Å². The third-order valence-electron chi connectivity index (χ3n) is 4.89. The van der Waals surface area contributed by atoms with Crippen molar-refractivity contribution < 1.29 is 14.3 Å². The minimum Gasteiger partial charge on any atom is -0.381 e. The molecule has 0 radical (unpaired) electrons. The lowest BCUT2D eigenvalue weighted by Crippen LogP contribution is -2.45. The van der Waals surface area contributed by atoms with Gasteiger partial charge in [-0.1, -0.05) is 18.2 Å². The number of rotatable bonds is 8. The minimum atomic E-state index is 0. The van der Waals surface area contributed by atoms with E-state index in [1.165, 1.54) is 0 Å². The Kier molecular flexibility index (Phi) is 10.0. The molecule has 2 unspecified atom stereocenters. The van der Waals surface area contributed by atoms with Crippen LogP contribution in [-0.2, 0) is 14.3 Å². The van der Waals surface area contributed by atoms with Crippen molar-refractivity contribution in [2.75, 3.05) is 51.5 Å². The second-order valence-corrected chi connectivity index (χ2v) is 7.04. The lowest BCUT2D eigenvalue weighted by Gasteiger charge is -2.19. The maximum Gasteiger partial charge on any atom is 0.229 e. The first-order chi connectivity index (χ1) is 13.3. The van der Waals surface area contributed by atoms with Gasteiger partial charge in [0.1, 0.15) is 0 Å². The van der Waals surface area contributed by atoms with Crippen LogP contribution >= 0.6 is 24.0 Å². The number of para-hydroxylation sites is 1. The van der Waals surface area contributed by atoms with Crippen LogP contribution < -0.4 is 15.5 Å². The zero-order valence-electron chi connectivity index (χ0n) is 16.4. The molecule has 8 heteroatoms. The molecule has 0 saturated carbocycles. The zero-order chi connectivity index (χ0) is 18.9. The van der Waals surface area contributed by atoms with E-state index in [-0.39, 0.29) is 35.9 Å². The van der Waals surface area contributed by atoms with Gasteiger partial charge in [0.15, 0.2) is 5.96 Å². The van der Waals surface area contributed by atoms with Crippen molar-refractivity contribution in [2.45, 2.75) is 25.3 Å². The molecule has 3 rings (SSSR count). The third-order valence-corrected chi connectivity index (χ3v) is 4.89. The van der Waals surface area contributed by atoms with E-state index in [0.29, 0.717) is 18.9 Å². The van der Waals surface area contributed by atoms with Crippen molar-refractivity contribution in [1.82, 2.24) is 10.6 Å². The van der Waals surface area contributed by atoms with Crippen LogP contribution in [0.3, 0.4) is 0 Å². The first kappa shape index (κ1) is 22.9. The van der Waals surface area contributed by atoms with Gasteiger partial charge in [0, 0.05) is 51.4 Å². The number of hydrogen-bond donors (Lipinski definition) is 2. The van der Waals surface area contributed by atoms with Gasteiger partial charge in [-0.25, -0.2) is 0 Å². The molecule has 156 valence electrons. The number of anilines is 1. The summed E-state index contributed by atoms with van der Waals surface area (Å²) >= 11 is 0. The Labute approximate surface area is 184 Å². The van der Waals surface area contributed by atoms with Gasteiger partial charge in [0.05, 0.1) is 19.3 Å². The van der Waals surface area contributed by atoms with E-state index in [2.05, 4.69) is 15.6 Å². The summed E-state index contributed by atoms with van der Waals surface area (Å²) in [5, 5.41) is 6.65. The second kappa shape index (κ2) is 12.2. The highest BCUT2D eigenvalue weighted by molar-refractivity contribution is 14.0. The molecule has 7 nitrogen and oxygen atoms in total. The summed E-state index contributed by atoms with van der Waals surface area (Å²) in [7, 11) is 1.75. The molecule has 2 fully saturated rings. The molecule has 0 aliphatic carbocycles. The Morgan fingerprint density at radius 2 is 2.18 bits per heavy atom. The molecule has 1 aromatic carbocycles. The fourth-order valence-corrected chi connectivity index (χ4v) is 3.40. The van der Waals surface area contributed by atoms with Crippen LogP contribution in [0.5, 0.6) is 0 Å². The summed E-state index contributed by atoms with van der Waals surface area (Å²) in [6.07, 6.45) is 2.49. The van der Waals surface area contributed by atoms with Gasteiger partial charge < -0.3 is 25.0 Å². The van der Waals surface area contributed by atoms with Crippen molar-refractivity contribution in [3.63, 3.8) is 0 Å². The van der Waals surface area contributed by atoms with Crippen LogP contribution in [0.4, 0.5) is 5.69 Å². The molecule has 2 heterocycles. The average Bonchev–Trinajstić information content (AvgIpc) is 3.33. The van der Waals surface area contributed by atoms with Gasteiger partial charge in [-0.05, 0) is 25.0 Å². The monoisotopic (exact) mass is 502 g/mol. The molecule has 0 aromatic heterocycles. The Bertz CT molecular complexity index is 623. The van der Waals surface area contributed by atoms with E-state index in [9.17, 15) is 4.79 Å². The maximum atomic E-state index is 12.3. The smallest absolute Gasteiger partial charge is 0.229 e. The minimum absolute atomic E-state index is 0. The summed E-state index contributed by atoms with van der Waals surface area (Å²) in [5.41, 5.74) is 0.944. The van der Waals surface area contributed by atoms with E-state index >= 15 is 0 Å². The number of benzene rings is 1. The third kappa shape index (κ3) is 6.89. The number of guanidine groups is 1.